The number of likely N-dealkylation sites (tertiary alicyclic amines) is 1. The van der Waals surface area contributed by atoms with Crippen molar-refractivity contribution in [1.29, 1.82) is 0 Å². The molecule has 1 heterocycles. The highest BCUT2D eigenvalue weighted by Crippen LogP contribution is 2.37. The Bertz CT molecular complexity index is 321. The first kappa shape index (κ1) is 14.1. The van der Waals surface area contributed by atoms with Crippen LogP contribution >= 0.6 is 12.4 Å². The summed E-state index contributed by atoms with van der Waals surface area (Å²) in [5, 5.41) is 3.10. The number of fused-ring (bicyclic) bond motifs is 1. The minimum Gasteiger partial charge on any atom is -0.352 e. The van der Waals surface area contributed by atoms with Crippen molar-refractivity contribution in [3.8, 4) is 0 Å². The Morgan fingerprint density at radius 3 is 2.61 bits per heavy atom. The molecule has 4 atom stereocenters. The van der Waals surface area contributed by atoms with Gasteiger partial charge >= 0.3 is 0 Å². The summed E-state index contributed by atoms with van der Waals surface area (Å²) in [6.07, 6.45) is 4.74. The molecule has 4 unspecified atom stereocenters. The number of rotatable bonds is 3. The first-order valence-corrected chi connectivity index (χ1v) is 6.95. The molecule has 4 nitrogen and oxygen atoms in total. The lowest BCUT2D eigenvalue weighted by molar-refractivity contribution is -0.125. The average molecular weight is 274 g/mol. The van der Waals surface area contributed by atoms with Gasteiger partial charge in [-0.1, -0.05) is 0 Å². The summed E-state index contributed by atoms with van der Waals surface area (Å²) in [4.78, 5) is 14.3. The molecule has 0 aromatic rings. The molecule has 1 amide bonds. The molecule has 2 aliphatic carbocycles. The molecular weight excluding hydrogens is 250 g/mol. The zero-order valence-electron chi connectivity index (χ0n) is 11.0. The Kier molecular flexibility index (Phi) is 4.19. The topological polar surface area (TPSA) is 58.4 Å². The Balaban J connectivity index is 0.00000120. The van der Waals surface area contributed by atoms with Gasteiger partial charge in [-0.25, -0.2) is 0 Å². The number of hydrogen-bond donors (Lipinski definition) is 2. The molecule has 0 spiro atoms. The first-order chi connectivity index (χ1) is 8.15. The lowest BCUT2D eigenvalue weighted by atomic mass is 9.98. The van der Waals surface area contributed by atoms with Crippen LogP contribution in [-0.4, -0.2) is 42.0 Å². The number of nitrogens with zero attached hydrogens (tertiary/aromatic N) is 1. The molecule has 0 aromatic heterocycles. The molecule has 2 saturated carbocycles. The van der Waals surface area contributed by atoms with Crippen molar-refractivity contribution >= 4 is 18.3 Å². The monoisotopic (exact) mass is 273 g/mol. The molecule has 0 radical (unpaired) electrons. The van der Waals surface area contributed by atoms with E-state index < -0.39 is 0 Å². The molecule has 3 fully saturated rings. The smallest absolute Gasteiger partial charge is 0.237 e. The van der Waals surface area contributed by atoms with Gasteiger partial charge in [-0.05, 0) is 44.4 Å². The van der Waals surface area contributed by atoms with Crippen LogP contribution in [0.2, 0.25) is 0 Å². The standard InChI is InChI=1S/C13H23N3O.ClH/c1-8(13(17)15-10-3-4-10)16-6-9-2-5-12(14)11(9)7-16;/h8-12H,2-7,14H2,1H3,(H,15,17);1H. The molecule has 0 aromatic carbocycles. The third kappa shape index (κ3) is 2.65. The SMILES string of the molecule is CC(C(=O)NC1CC1)N1CC2CCC(N)C2C1.Cl. The van der Waals surface area contributed by atoms with Crippen LogP contribution in [0.15, 0.2) is 0 Å². The van der Waals surface area contributed by atoms with E-state index in [2.05, 4.69) is 10.2 Å². The van der Waals surface area contributed by atoms with E-state index in [-0.39, 0.29) is 24.4 Å². The Labute approximate surface area is 115 Å². The summed E-state index contributed by atoms with van der Waals surface area (Å²) in [6.45, 7) is 4.12. The summed E-state index contributed by atoms with van der Waals surface area (Å²) in [5.74, 6) is 1.58. The van der Waals surface area contributed by atoms with Crippen molar-refractivity contribution in [2.75, 3.05) is 13.1 Å². The predicted molar refractivity (Wildman–Crippen MR) is 73.6 cm³/mol. The van der Waals surface area contributed by atoms with Crippen LogP contribution in [0.5, 0.6) is 0 Å². The van der Waals surface area contributed by atoms with Crippen molar-refractivity contribution in [2.24, 2.45) is 17.6 Å². The fourth-order valence-corrected chi connectivity index (χ4v) is 3.37. The quantitative estimate of drug-likeness (QED) is 0.798. The van der Waals surface area contributed by atoms with Crippen molar-refractivity contribution in [3.63, 3.8) is 0 Å². The normalized spacial score (nSPS) is 36.9. The number of carbonyl (C=O) groups is 1. The lowest BCUT2D eigenvalue weighted by Gasteiger charge is -2.24. The van der Waals surface area contributed by atoms with Crippen molar-refractivity contribution in [2.45, 2.75) is 50.7 Å². The molecule has 0 bridgehead atoms. The highest BCUT2D eigenvalue weighted by atomic mass is 35.5. The molecule has 1 aliphatic heterocycles. The highest BCUT2D eigenvalue weighted by Gasteiger charge is 2.43. The third-order valence-electron chi connectivity index (χ3n) is 4.79. The Hall–Kier alpha value is -0.320. The number of carbonyl (C=O) groups excluding carboxylic acids is 1. The Morgan fingerprint density at radius 2 is 2.00 bits per heavy atom. The van der Waals surface area contributed by atoms with Crippen LogP contribution in [-0.2, 0) is 4.79 Å². The van der Waals surface area contributed by atoms with Gasteiger partial charge in [0.25, 0.3) is 0 Å². The van der Waals surface area contributed by atoms with Gasteiger partial charge in [0.1, 0.15) is 0 Å². The minimum absolute atomic E-state index is 0. The maximum atomic E-state index is 12.0. The number of halogens is 1. The maximum absolute atomic E-state index is 12.0. The van der Waals surface area contributed by atoms with Gasteiger partial charge in [0.05, 0.1) is 6.04 Å². The number of nitrogens with two attached hydrogens (primary N) is 1. The van der Waals surface area contributed by atoms with E-state index >= 15 is 0 Å². The van der Waals surface area contributed by atoms with Gasteiger partial charge in [0, 0.05) is 25.2 Å². The van der Waals surface area contributed by atoms with E-state index in [1.807, 2.05) is 6.92 Å². The minimum atomic E-state index is 0. The number of nitrogens with one attached hydrogen (secondary N) is 1. The van der Waals surface area contributed by atoms with Gasteiger partial charge in [0.15, 0.2) is 0 Å². The molecular formula is C13H24ClN3O. The zero-order chi connectivity index (χ0) is 12.0. The fourth-order valence-electron chi connectivity index (χ4n) is 3.37. The van der Waals surface area contributed by atoms with Gasteiger partial charge < -0.3 is 11.1 Å². The van der Waals surface area contributed by atoms with Crippen LogP contribution in [0, 0.1) is 11.8 Å². The molecule has 1 saturated heterocycles. The maximum Gasteiger partial charge on any atom is 0.237 e. The van der Waals surface area contributed by atoms with Crippen LogP contribution in [0.1, 0.15) is 32.6 Å². The van der Waals surface area contributed by atoms with E-state index in [0.29, 0.717) is 18.0 Å². The van der Waals surface area contributed by atoms with Crippen LogP contribution < -0.4 is 11.1 Å². The Morgan fingerprint density at radius 1 is 1.28 bits per heavy atom. The van der Waals surface area contributed by atoms with Crippen LogP contribution in [0.25, 0.3) is 0 Å². The average Bonchev–Trinajstić information content (AvgIpc) is 2.90. The number of hydrogen-bond acceptors (Lipinski definition) is 3. The highest BCUT2D eigenvalue weighted by molar-refractivity contribution is 5.85. The second-order valence-corrected chi connectivity index (χ2v) is 6.08. The molecule has 5 heteroatoms. The molecule has 18 heavy (non-hydrogen) atoms. The van der Waals surface area contributed by atoms with E-state index in [1.54, 1.807) is 0 Å². The first-order valence-electron chi connectivity index (χ1n) is 6.95. The van der Waals surface area contributed by atoms with Crippen molar-refractivity contribution in [1.82, 2.24) is 10.2 Å². The van der Waals surface area contributed by atoms with E-state index in [1.165, 1.54) is 12.8 Å². The summed E-state index contributed by atoms with van der Waals surface area (Å²) >= 11 is 0. The van der Waals surface area contributed by atoms with Crippen LogP contribution in [0.3, 0.4) is 0 Å². The van der Waals surface area contributed by atoms with E-state index in [0.717, 1.165) is 31.8 Å². The molecule has 3 aliphatic rings. The molecule has 3 N–H and O–H groups in total. The fraction of sp³-hybridized carbons (Fsp3) is 0.923. The van der Waals surface area contributed by atoms with Crippen LogP contribution in [0.4, 0.5) is 0 Å². The zero-order valence-corrected chi connectivity index (χ0v) is 11.8. The van der Waals surface area contributed by atoms with Gasteiger partial charge in [-0.15, -0.1) is 12.4 Å². The second-order valence-electron chi connectivity index (χ2n) is 6.08. The van der Waals surface area contributed by atoms with Gasteiger partial charge in [-0.3, -0.25) is 9.69 Å². The van der Waals surface area contributed by atoms with Crippen molar-refractivity contribution in [3.05, 3.63) is 0 Å². The second kappa shape index (κ2) is 5.35. The third-order valence-corrected chi connectivity index (χ3v) is 4.79. The summed E-state index contributed by atoms with van der Waals surface area (Å²) in [7, 11) is 0. The van der Waals surface area contributed by atoms with Gasteiger partial charge in [-0.2, -0.15) is 0 Å². The van der Waals surface area contributed by atoms with Gasteiger partial charge in [0.2, 0.25) is 5.91 Å². The summed E-state index contributed by atoms with van der Waals surface area (Å²) in [5.41, 5.74) is 6.12. The largest absolute Gasteiger partial charge is 0.352 e. The molecule has 3 rings (SSSR count). The summed E-state index contributed by atoms with van der Waals surface area (Å²) in [6, 6.07) is 0.853. The number of amides is 1. The lowest BCUT2D eigenvalue weighted by Crippen LogP contribution is -2.45. The predicted octanol–water partition coefficient (Wildman–Crippen LogP) is 0.744. The van der Waals surface area contributed by atoms with E-state index in [9.17, 15) is 4.79 Å². The molecule has 104 valence electrons. The van der Waals surface area contributed by atoms with E-state index in [4.69, 9.17) is 5.73 Å². The van der Waals surface area contributed by atoms with Crippen molar-refractivity contribution < 1.29 is 4.79 Å². The summed E-state index contributed by atoms with van der Waals surface area (Å²) < 4.78 is 0.